The van der Waals surface area contributed by atoms with Crippen molar-refractivity contribution in [1.29, 1.82) is 0 Å². The zero-order chi connectivity index (χ0) is 21.4. The normalized spacial score (nSPS) is 10.2. The Morgan fingerprint density at radius 3 is 2.13 bits per heavy atom. The van der Waals surface area contributed by atoms with Crippen LogP contribution in [0.25, 0.3) is 0 Å². The predicted octanol–water partition coefficient (Wildman–Crippen LogP) is -4.36. The molecule has 0 atom stereocenters. The van der Waals surface area contributed by atoms with E-state index in [1.807, 2.05) is 6.92 Å². The molecule has 0 saturated heterocycles. The van der Waals surface area contributed by atoms with Crippen molar-refractivity contribution in [2.45, 2.75) is 19.9 Å². The summed E-state index contributed by atoms with van der Waals surface area (Å²) in [7, 11) is -2.57. The van der Waals surface area contributed by atoms with Gasteiger partial charge in [-0.3, -0.25) is 4.79 Å². The number of hydrogen-bond acceptors (Lipinski definition) is 8. The van der Waals surface area contributed by atoms with Crippen molar-refractivity contribution in [1.82, 2.24) is 5.32 Å². The van der Waals surface area contributed by atoms with Crippen LogP contribution in [0, 0.1) is 0 Å². The molecule has 2 rings (SSSR count). The number of ether oxygens (including phenoxy) is 3. The molecule has 158 valence electrons. The second-order valence-corrected chi connectivity index (χ2v) is 6.99. The molecule has 0 unspecified atom stereocenters. The number of hydrogen-bond donors (Lipinski definition) is 1. The van der Waals surface area contributed by atoms with Crippen LogP contribution in [0.3, 0.4) is 0 Å². The average Bonchev–Trinajstić information content (AvgIpc) is 2.69. The van der Waals surface area contributed by atoms with Gasteiger partial charge < -0.3 is 38.4 Å². The summed E-state index contributed by atoms with van der Waals surface area (Å²) in [6.07, 6.45) is 0.699. The third-order valence-electron chi connectivity index (χ3n) is 3.78. The van der Waals surface area contributed by atoms with Crippen LogP contribution in [0.2, 0.25) is 0 Å². The van der Waals surface area contributed by atoms with Gasteiger partial charge >= 0.3 is 59.1 Å². The Morgan fingerprint density at radius 1 is 1.00 bits per heavy atom. The van der Waals surface area contributed by atoms with Gasteiger partial charge in [-0.1, -0.05) is 19.1 Å². The van der Waals surface area contributed by atoms with Gasteiger partial charge in [0.2, 0.25) is 0 Å². The maximum Gasteiger partial charge on any atom is 1.00 e. The summed E-state index contributed by atoms with van der Waals surface area (Å²) in [5.74, 6) is -0.256. The van der Waals surface area contributed by atoms with Gasteiger partial charge in [-0.15, -0.1) is 0 Å². The van der Waals surface area contributed by atoms with Gasteiger partial charge in [-0.05, 0) is 24.1 Å². The first-order valence-corrected chi connectivity index (χ1v) is 10.2. The van der Waals surface area contributed by atoms with Gasteiger partial charge in [0.15, 0.2) is 0 Å². The Balaban J connectivity index is 0.00000450. The predicted molar refractivity (Wildman–Crippen MR) is 101 cm³/mol. The van der Waals surface area contributed by atoms with Gasteiger partial charge in [0.1, 0.15) is 36.4 Å². The minimum atomic E-state index is -5.42. The minimum absolute atomic E-state index is 0. The van der Waals surface area contributed by atoms with Crippen LogP contribution in [0.4, 0.5) is 0 Å². The number of carbonyl (C=O) groups excluding carboxylic acids is 1. The number of amides is 1. The van der Waals surface area contributed by atoms with E-state index >= 15 is 0 Å². The Labute approximate surface area is 225 Å². The maximum absolute atomic E-state index is 12.7. The number of rotatable bonds is 10. The number of benzene rings is 2. The van der Waals surface area contributed by atoms with E-state index in [1.165, 1.54) is 19.2 Å². The van der Waals surface area contributed by atoms with Crippen molar-refractivity contribution >= 4 is 13.7 Å². The Hall–Kier alpha value is -0.740. The Kier molecular flexibility index (Phi) is 14.1. The summed E-state index contributed by atoms with van der Waals surface area (Å²) in [5.41, 5.74) is 0.554. The monoisotopic (exact) mass is 469 g/mol. The van der Waals surface area contributed by atoms with Crippen molar-refractivity contribution in [3.8, 4) is 23.0 Å². The molecule has 9 nitrogen and oxygen atoms in total. The van der Waals surface area contributed by atoms with Crippen molar-refractivity contribution in [2.75, 3.05) is 20.8 Å². The average molecular weight is 469 g/mol. The van der Waals surface area contributed by atoms with Crippen LogP contribution in [-0.2, 0) is 11.1 Å². The molecule has 0 heterocycles. The molecule has 0 aliphatic rings. The van der Waals surface area contributed by atoms with Gasteiger partial charge in [-0.25, -0.2) is 0 Å². The standard InChI is InChI=1S/C19H24NO8P.2Na/c1-4-9-27-15-10-16(26-3)18(17(11-15)28-29(22,23)24)19(21)20-12-13-5-7-14(25-2)8-6-13;;/h5-8,10-11H,4,9,12H2,1-3H3,(H,20,21)(H2,22,23,24);;/q;2*+1/p-2. The molecule has 0 radical (unpaired) electrons. The van der Waals surface area contributed by atoms with E-state index in [2.05, 4.69) is 9.84 Å². The first-order chi connectivity index (χ1) is 13.8. The molecule has 12 heteroatoms. The second kappa shape index (κ2) is 14.4. The molecule has 1 amide bonds. The fourth-order valence-corrected chi connectivity index (χ4v) is 2.85. The summed E-state index contributed by atoms with van der Waals surface area (Å²) >= 11 is 0. The summed E-state index contributed by atoms with van der Waals surface area (Å²) in [6.45, 7) is 2.38. The van der Waals surface area contributed by atoms with E-state index in [9.17, 15) is 19.1 Å². The molecule has 0 bridgehead atoms. The molecule has 0 fully saturated rings. The first-order valence-electron chi connectivity index (χ1n) is 8.75. The topological polar surface area (TPSA) is 129 Å². The van der Waals surface area contributed by atoms with Crippen molar-refractivity contribution in [2.24, 2.45) is 0 Å². The van der Waals surface area contributed by atoms with Crippen LogP contribution >= 0.6 is 7.82 Å². The number of nitrogens with one attached hydrogen (secondary N) is 1. The van der Waals surface area contributed by atoms with Crippen molar-refractivity contribution in [3.63, 3.8) is 0 Å². The first kappa shape index (κ1) is 30.3. The molecule has 0 aliphatic heterocycles. The van der Waals surface area contributed by atoms with E-state index in [1.54, 1.807) is 31.4 Å². The quantitative estimate of drug-likeness (QED) is 0.273. The maximum atomic E-state index is 12.7. The molecule has 0 aliphatic carbocycles. The van der Waals surface area contributed by atoms with Crippen molar-refractivity contribution < 1.29 is 97.0 Å². The SMILES string of the molecule is CCCOc1cc(OC)c(C(=O)NCc2ccc(OC)cc2)c(OP(=O)([O-])[O-])c1.[Na+].[Na+]. The summed E-state index contributed by atoms with van der Waals surface area (Å²) in [5, 5.41) is 2.64. The van der Waals surface area contributed by atoms with E-state index in [0.29, 0.717) is 18.8 Å². The van der Waals surface area contributed by atoms with Crippen LogP contribution < -0.4 is 93.0 Å². The largest absolute Gasteiger partial charge is 1.00 e. The van der Waals surface area contributed by atoms with Gasteiger partial charge in [-0.2, -0.15) is 0 Å². The van der Waals surface area contributed by atoms with Crippen LogP contribution in [-0.4, -0.2) is 26.7 Å². The number of phosphoric ester groups is 1. The van der Waals surface area contributed by atoms with Crippen LogP contribution in [0.5, 0.6) is 23.0 Å². The zero-order valence-electron chi connectivity index (χ0n) is 18.3. The molecule has 2 aromatic rings. The number of methoxy groups -OCH3 is 2. The third kappa shape index (κ3) is 9.74. The van der Waals surface area contributed by atoms with Gasteiger partial charge in [0.05, 0.1) is 20.8 Å². The fraction of sp³-hybridized carbons (Fsp3) is 0.316. The minimum Gasteiger partial charge on any atom is -0.780 e. The molecule has 0 spiro atoms. The van der Waals surface area contributed by atoms with Gasteiger partial charge in [0.25, 0.3) is 5.91 Å². The number of carbonyl (C=O) groups is 1. The van der Waals surface area contributed by atoms with Crippen LogP contribution in [0.1, 0.15) is 29.3 Å². The molecule has 0 aromatic heterocycles. The number of phosphoric acid groups is 1. The summed E-state index contributed by atoms with van der Waals surface area (Å²) in [4.78, 5) is 35.1. The van der Waals surface area contributed by atoms with E-state index in [4.69, 9.17) is 14.2 Å². The fourth-order valence-electron chi connectivity index (χ4n) is 2.46. The Bertz CT molecular complexity index is 889. The molecule has 1 N–H and O–H groups in total. The molecular formula is C19H22NNa2O8P. The Morgan fingerprint density at radius 2 is 1.61 bits per heavy atom. The van der Waals surface area contributed by atoms with Crippen molar-refractivity contribution in [3.05, 3.63) is 47.5 Å². The smallest absolute Gasteiger partial charge is 0.780 e. The van der Waals surface area contributed by atoms with E-state index in [0.717, 1.165) is 5.56 Å². The van der Waals surface area contributed by atoms with Crippen LogP contribution in [0.15, 0.2) is 36.4 Å². The molecule has 2 aromatic carbocycles. The summed E-state index contributed by atoms with van der Waals surface area (Å²) < 4.78 is 31.4. The molecule has 0 saturated carbocycles. The molecule has 31 heavy (non-hydrogen) atoms. The van der Waals surface area contributed by atoms with Gasteiger partial charge in [0, 0.05) is 18.7 Å². The van der Waals surface area contributed by atoms with E-state index in [-0.39, 0.29) is 82.7 Å². The van der Waals surface area contributed by atoms with E-state index < -0.39 is 19.5 Å². The third-order valence-corrected chi connectivity index (χ3v) is 4.20. The second-order valence-electron chi connectivity index (χ2n) is 5.92. The molecular weight excluding hydrogens is 447 g/mol. The summed E-state index contributed by atoms with van der Waals surface area (Å²) in [6, 6.07) is 9.59. The zero-order valence-corrected chi connectivity index (χ0v) is 23.2.